The van der Waals surface area contributed by atoms with Crippen molar-refractivity contribution in [2.45, 2.75) is 26.2 Å². The second-order valence-corrected chi connectivity index (χ2v) is 7.60. The quantitative estimate of drug-likeness (QED) is 0.422. The lowest BCUT2D eigenvalue weighted by atomic mass is 9.87. The van der Waals surface area contributed by atoms with E-state index in [0.717, 1.165) is 5.56 Å². The van der Waals surface area contributed by atoms with E-state index in [4.69, 9.17) is 20.0 Å². The summed E-state index contributed by atoms with van der Waals surface area (Å²) in [6.07, 6.45) is 1.43. The van der Waals surface area contributed by atoms with E-state index in [-0.39, 0.29) is 28.9 Å². The van der Waals surface area contributed by atoms with E-state index in [0.29, 0.717) is 16.8 Å². The molecule has 0 atom stereocenters. The summed E-state index contributed by atoms with van der Waals surface area (Å²) >= 11 is 0. The van der Waals surface area contributed by atoms with E-state index in [1.165, 1.54) is 6.26 Å². The highest BCUT2D eigenvalue weighted by molar-refractivity contribution is 6.06. The fraction of sp³-hybridized carbons (Fsp3) is 0.174. The number of ether oxygens (including phenoxy) is 1. The van der Waals surface area contributed by atoms with Crippen LogP contribution in [0, 0.1) is 10.8 Å². The molecule has 0 aliphatic carbocycles. The third kappa shape index (κ3) is 4.99. The maximum atomic E-state index is 12.5. The number of hydrogen-bond donors (Lipinski definition) is 3. The number of hydrogen-bond acceptors (Lipinski definition) is 5. The number of benzene rings is 2. The highest BCUT2D eigenvalue weighted by Gasteiger charge is 2.15. The van der Waals surface area contributed by atoms with Crippen molar-refractivity contribution < 1.29 is 13.9 Å². The van der Waals surface area contributed by atoms with Crippen LogP contribution < -0.4 is 5.32 Å². The molecule has 0 saturated heterocycles. The van der Waals surface area contributed by atoms with Gasteiger partial charge in [-0.3, -0.25) is 15.6 Å². The van der Waals surface area contributed by atoms with E-state index in [1.807, 2.05) is 12.1 Å². The fourth-order valence-electron chi connectivity index (χ4n) is 2.68. The molecular formula is C23H23N3O3. The van der Waals surface area contributed by atoms with E-state index in [9.17, 15) is 4.79 Å². The molecule has 6 nitrogen and oxygen atoms in total. The molecule has 3 N–H and O–H groups in total. The lowest BCUT2D eigenvalue weighted by Gasteiger charge is -2.19. The van der Waals surface area contributed by atoms with Gasteiger partial charge in [-0.2, -0.15) is 0 Å². The van der Waals surface area contributed by atoms with Crippen LogP contribution in [-0.4, -0.2) is 17.7 Å². The monoisotopic (exact) mass is 389 g/mol. The topological polar surface area (TPSA) is 99.2 Å². The van der Waals surface area contributed by atoms with Crippen LogP contribution in [0.4, 0.5) is 5.69 Å². The third-order valence-corrected chi connectivity index (χ3v) is 4.34. The van der Waals surface area contributed by atoms with Gasteiger partial charge in [0.05, 0.1) is 6.26 Å². The van der Waals surface area contributed by atoms with Crippen LogP contribution in [0.1, 0.15) is 48.0 Å². The predicted molar refractivity (Wildman–Crippen MR) is 113 cm³/mol. The van der Waals surface area contributed by atoms with Gasteiger partial charge in [-0.1, -0.05) is 39.0 Å². The minimum Gasteiger partial charge on any atom is -0.459 e. The van der Waals surface area contributed by atoms with Gasteiger partial charge in [-0.25, -0.2) is 0 Å². The van der Waals surface area contributed by atoms with Crippen LogP contribution in [0.5, 0.6) is 0 Å². The molecule has 2 aromatic carbocycles. The van der Waals surface area contributed by atoms with Crippen molar-refractivity contribution in [3.05, 3.63) is 89.4 Å². The van der Waals surface area contributed by atoms with Gasteiger partial charge in [-0.15, -0.1) is 0 Å². The normalized spacial score (nSPS) is 11.0. The van der Waals surface area contributed by atoms with Crippen LogP contribution in [0.3, 0.4) is 0 Å². The van der Waals surface area contributed by atoms with Crippen LogP contribution in [0.2, 0.25) is 0 Å². The minimum absolute atomic E-state index is 0.0209. The average molecular weight is 389 g/mol. The minimum atomic E-state index is -0.256. The molecule has 0 saturated carbocycles. The zero-order valence-electron chi connectivity index (χ0n) is 16.6. The maximum absolute atomic E-state index is 12.5. The summed E-state index contributed by atoms with van der Waals surface area (Å²) in [5, 5.41) is 18.7. The summed E-state index contributed by atoms with van der Waals surface area (Å²) in [7, 11) is 0. The first kappa shape index (κ1) is 20.1. The molecule has 29 heavy (non-hydrogen) atoms. The Hall–Kier alpha value is -3.67. The third-order valence-electron chi connectivity index (χ3n) is 4.34. The summed E-state index contributed by atoms with van der Waals surface area (Å²) < 4.78 is 10.3. The van der Waals surface area contributed by atoms with Crippen molar-refractivity contribution >= 4 is 23.4 Å². The van der Waals surface area contributed by atoms with E-state index in [1.54, 1.807) is 48.5 Å². The summed E-state index contributed by atoms with van der Waals surface area (Å²) in [5.41, 5.74) is 2.69. The number of carbonyl (C=O) groups is 1. The number of carbonyl (C=O) groups excluding carboxylic acids is 1. The Morgan fingerprint density at radius 2 is 1.66 bits per heavy atom. The number of amides is 1. The summed E-state index contributed by atoms with van der Waals surface area (Å²) in [5.74, 6) is -0.471. The highest BCUT2D eigenvalue weighted by atomic mass is 16.5. The second-order valence-electron chi connectivity index (χ2n) is 7.60. The second kappa shape index (κ2) is 8.14. The Kier molecular flexibility index (Phi) is 5.64. The number of rotatable bonds is 4. The largest absolute Gasteiger partial charge is 0.459 e. The number of anilines is 1. The molecule has 0 fully saturated rings. The van der Waals surface area contributed by atoms with Crippen molar-refractivity contribution in [1.29, 1.82) is 10.8 Å². The van der Waals surface area contributed by atoms with Gasteiger partial charge in [-0.05, 0) is 53.4 Å². The van der Waals surface area contributed by atoms with Crippen LogP contribution >= 0.6 is 0 Å². The van der Waals surface area contributed by atoms with Gasteiger partial charge in [0.1, 0.15) is 0 Å². The smallest absolute Gasteiger partial charge is 0.257 e. The highest BCUT2D eigenvalue weighted by Crippen LogP contribution is 2.22. The zero-order chi connectivity index (χ0) is 21.0. The number of nitrogens with one attached hydrogen (secondary N) is 3. The van der Waals surface area contributed by atoms with Crippen molar-refractivity contribution in [2.75, 3.05) is 5.32 Å². The molecule has 0 spiro atoms. The molecule has 0 aliphatic rings. The van der Waals surface area contributed by atoms with Crippen LogP contribution in [0.15, 0.2) is 71.3 Å². The zero-order valence-corrected chi connectivity index (χ0v) is 16.6. The van der Waals surface area contributed by atoms with Crippen LogP contribution in [-0.2, 0) is 10.2 Å². The van der Waals surface area contributed by atoms with Crippen molar-refractivity contribution in [2.24, 2.45) is 0 Å². The molecule has 0 radical (unpaired) electrons. The van der Waals surface area contributed by atoms with Crippen molar-refractivity contribution in [3.63, 3.8) is 0 Å². The SMILES string of the molecule is CC(C)(C)c1ccc(C(=O)Nc2cccc(C(=N)OC(=N)c3ccco3)c2)cc1. The van der Waals surface area contributed by atoms with Gasteiger partial charge >= 0.3 is 0 Å². The Morgan fingerprint density at radius 1 is 0.931 bits per heavy atom. The molecule has 1 heterocycles. The number of furan rings is 1. The molecule has 1 amide bonds. The average Bonchev–Trinajstić information content (AvgIpc) is 3.22. The van der Waals surface area contributed by atoms with Gasteiger partial charge in [0.25, 0.3) is 11.8 Å². The summed E-state index contributed by atoms with van der Waals surface area (Å²) in [6.45, 7) is 6.36. The van der Waals surface area contributed by atoms with E-state index < -0.39 is 0 Å². The Labute approximate surface area is 169 Å². The molecule has 0 unspecified atom stereocenters. The standard InChI is InChI=1S/C23H23N3O3/c1-23(2,3)17-11-9-15(10-12-17)22(27)26-18-7-4-6-16(14-18)20(24)29-21(25)19-8-5-13-28-19/h4-14,24-25H,1-3H3,(H,26,27). The van der Waals surface area contributed by atoms with Crippen molar-refractivity contribution in [1.82, 2.24) is 0 Å². The molecule has 1 aromatic heterocycles. The summed E-state index contributed by atoms with van der Waals surface area (Å²) in [6, 6.07) is 17.5. The molecular weight excluding hydrogens is 366 g/mol. The van der Waals surface area contributed by atoms with E-state index in [2.05, 4.69) is 26.1 Å². The Bertz CT molecular complexity index is 1030. The lowest BCUT2D eigenvalue weighted by molar-refractivity contribution is 0.102. The van der Waals surface area contributed by atoms with Crippen LogP contribution in [0.25, 0.3) is 0 Å². The first-order chi connectivity index (χ1) is 13.7. The molecule has 148 valence electrons. The van der Waals surface area contributed by atoms with Crippen molar-refractivity contribution in [3.8, 4) is 0 Å². The van der Waals surface area contributed by atoms with Gasteiger partial charge < -0.3 is 14.5 Å². The molecule has 6 heteroatoms. The predicted octanol–water partition coefficient (Wildman–Crippen LogP) is 5.20. The lowest BCUT2D eigenvalue weighted by Crippen LogP contribution is -2.15. The summed E-state index contributed by atoms with van der Waals surface area (Å²) in [4.78, 5) is 12.5. The first-order valence-electron chi connectivity index (χ1n) is 9.15. The van der Waals surface area contributed by atoms with Gasteiger partial charge in [0, 0.05) is 16.8 Å². The fourth-order valence-corrected chi connectivity index (χ4v) is 2.68. The van der Waals surface area contributed by atoms with Gasteiger partial charge in [0.2, 0.25) is 5.90 Å². The first-order valence-corrected chi connectivity index (χ1v) is 9.15. The maximum Gasteiger partial charge on any atom is 0.257 e. The molecule has 0 aliphatic heterocycles. The molecule has 3 aromatic rings. The van der Waals surface area contributed by atoms with E-state index >= 15 is 0 Å². The van der Waals surface area contributed by atoms with Gasteiger partial charge in [0.15, 0.2) is 5.76 Å². The Balaban J connectivity index is 1.68. The molecule has 3 rings (SSSR count). The molecule has 0 bridgehead atoms. The Morgan fingerprint density at radius 3 is 2.28 bits per heavy atom.